The Morgan fingerprint density at radius 2 is 2.12 bits per heavy atom. The SMILES string of the molecule is Cc1ccc(CCC(=O)N2CCCCC[C@@H]2c2c(C)n[nH]c2C)o1. The summed E-state index contributed by atoms with van der Waals surface area (Å²) in [4.78, 5) is 15.0. The number of likely N-dealkylation sites (tertiary alicyclic amines) is 1. The van der Waals surface area contributed by atoms with Crippen molar-refractivity contribution in [2.24, 2.45) is 0 Å². The van der Waals surface area contributed by atoms with E-state index in [0.29, 0.717) is 12.8 Å². The summed E-state index contributed by atoms with van der Waals surface area (Å²) in [5, 5.41) is 7.41. The Balaban J connectivity index is 1.75. The van der Waals surface area contributed by atoms with Gasteiger partial charge in [-0.1, -0.05) is 12.8 Å². The van der Waals surface area contributed by atoms with Crippen LogP contribution in [-0.2, 0) is 11.2 Å². The number of furan rings is 1. The molecule has 0 bridgehead atoms. The van der Waals surface area contributed by atoms with Crippen LogP contribution in [0.5, 0.6) is 0 Å². The summed E-state index contributed by atoms with van der Waals surface area (Å²) in [5.74, 6) is 2.01. The second kappa shape index (κ2) is 7.24. The number of nitrogens with zero attached hydrogens (tertiary/aromatic N) is 2. The van der Waals surface area contributed by atoms with Gasteiger partial charge in [-0.25, -0.2) is 0 Å². The first-order valence-corrected chi connectivity index (χ1v) is 8.92. The van der Waals surface area contributed by atoms with Crippen molar-refractivity contribution in [1.29, 1.82) is 0 Å². The fourth-order valence-electron chi connectivity index (χ4n) is 3.75. The number of carbonyl (C=O) groups excluding carboxylic acids is 1. The molecule has 5 nitrogen and oxygen atoms in total. The zero-order valence-electron chi connectivity index (χ0n) is 14.9. The molecule has 0 spiro atoms. The molecule has 3 heterocycles. The van der Waals surface area contributed by atoms with E-state index in [9.17, 15) is 4.79 Å². The molecule has 0 aliphatic carbocycles. The Morgan fingerprint density at radius 3 is 2.79 bits per heavy atom. The number of aryl methyl sites for hydroxylation is 4. The Hall–Kier alpha value is -2.04. The topological polar surface area (TPSA) is 62.1 Å². The van der Waals surface area contributed by atoms with Gasteiger partial charge in [0.25, 0.3) is 0 Å². The van der Waals surface area contributed by atoms with Gasteiger partial charge < -0.3 is 9.32 Å². The van der Waals surface area contributed by atoms with E-state index in [4.69, 9.17) is 4.42 Å². The van der Waals surface area contributed by atoms with Crippen LogP contribution in [0.3, 0.4) is 0 Å². The fourth-order valence-corrected chi connectivity index (χ4v) is 3.75. The number of hydrogen-bond donors (Lipinski definition) is 1. The zero-order chi connectivity index (χ0) is 17.1. The van der Waals surface area contributed by atoms with Crippen molar-refractivity contribution in [2.75, 3.05) is 6.54 Å². The van der Waals surface area contributed by atoms with Crippen LogP contribution >= 0.6 is 0 Å². The van der Waals surface area contributed by atoms with Gasteiger partial charge in [-0.3, -0.25) is 9.89 Å². The van der Waals surface area contributed by atoms with Crippen molar-refractivity contribution in [1.82, 2.24) is 15.1 Å². The minimum atomic E-state index is 0.150. The lowest BCUT2D eigenvalue weighted by molar-refractivity contribution is -0.133. The van der Waals surface area contributed by atoms with Crippen molar-refractivity contribution >= 4 is 5.91 Å². The van der Waals surface area contributed by atoms with Gasteiger partial charge >= 0.3 is 0 Å². The van der Waals surface area contributed by atoms with Gasteiger partial charge in [-0.15, -0.1) is 0 Å². The van der Waals surface area contributed by atoms with E-state index in [2.05, 4.69) is 22.0 Å². The van der Waals surface area contributed by atoms with Gasteiger partial charge in [0.1, 0.15) is 11.5 Å². The summed E-state index contributed by atoms with van der Waals surface area (Å²) in [6, 6.07) is 4.07. The molecule has 1 aliphatic heterocycles. The fraction of sp³-hybridized carbons (Fsp3) is 0.579. The average Bonchev–Trinajstić information content (AvgIpc) is 3.02. The maximum absolute atomic E-state index is 12.9. The number of aromatic amines is 1. The van der Waals surface area contributed by atoms with Gasteiger partial charge in [0.05, 0.1) is 11.7 Å². The number of amides is 1. The Labute approximate surface area is 143 Å². The van der Waals surface area contributed by atoms with Gasteiger partial charge in [0, 0.05) is 30.6 Å². The Kier molecular flexibility index (Phi) is 5.07. The van der Waals surface area contributed by atoms with E-state index in [1.807, 2.05) is 26.0 Å². The summed E-state index contributed by atoms with van der Waals surface area (Å²) >= 11 is 0. The molecule has 0 unspecified atom stereocenters. The molecule has 0 aromatic carbocycles. The summed E-state index contributed by atoms with van der Waals surface area (Å²) in [7, 11) is 0. The van der Waals surface area contributed by atoms with Gasteiger partial charge in [-0.05, 0) is 45.7 Å². The van der Waals surface area contributed by atoms with Gasteiger partial charge in [0.2, 0.25) is 5.91 Å². The quantitative estimate of drug-likeness (QED) is 0.922. The van der Waals surface area contributed by atoms with Crippen molar-refractivity contribution in [3.05, 3.63) is 40.6 Å². The second-order valence-electron chi connectivity index (χ2n) is 6.81. The van der Waals surface area contributed by atoms with Gasteiger partial charge in [0.15, 0.2) is 0 Å². The first-order chi connectivity index (χ1) is 11.6. The largest absolute Gasteiger partial charge is 0.466 e. The molecule has 1 aliphatic rings. The van der Waals surface area contributed by atoms with E-state index < -0.39 is 0 Å². The predicted octanol–water partition coefficient (Wildman–Crippen LogP) is 4.00. The number of carbonyl (C=O) groups is 1. The highest BCUT2D eigenvalue weighted by atomic mass is 16.3. The van der Waals surface area contributed by atoms with Crippen LogP contribution in [0.25, 0.3) is 0 Å². The first-order valence-electron chi connectivity index (χ1n) is 8.92. The third-order valence-electron chi connectivity index (χ3n) is 4.97. The van der Waals surface area contributed by atoms with Crippen LogP contribution in [-0.4, -0.2) is 27.5 Å². The molecule has 130 valence electrons. The molecule has 1 N–H and O–H groups in total. The number of H-pyrrole nitrogens is 1. The van der Waals surface area contributed by atoms with E-state index in [-0.39, 0.29) is 11.9 Å². The number of aromatic nitrogens is 2. The molecule has 5 heteroatoms. The van der Waals surface area contributed by atoms with Gasteiger partial charge in [-0.2, -0.15) is 5.10 Å². The predicted molar refractivity (Wildman–Crippen MR) is 92.7 cm³/mol. The lowest BCUT2D eigenvalue weighted by Crippen LogP contribution is -2.35. The summed E-state index contributed by atoms with van der Waals surface area (Å²) < 4.78 is 5.60. The molecule has 1 saturated heterocycles. The Bertz CT molecular complexity index is 682. The number of rotatable bonds is 4. The highest BCUT2D eigenvalue weighted by Gasteiger charge is 2.29. The highest BCUT2D eigenvalue weighted by molar-refractivity contribution is 5.77. The molecule has 1 atom stereocenters. The smallest absolute Gasteiger partial charge is 0.223 e. The minimum absolute atomic E-state index is 0.150. The molecule has 24 heavy (non-hydrogen) atoms. The van der Waals surface area contributed by atoms with Crippen LogP contribution in [0.15, 0.2) is 16.5 Å². The summed E-state index contributed by atoms with van der Waals surface area (Å²) in [6.07, 6.45) is 5.62. The monoisotopic (exact) mass is 329 g/mol. The maximum Gasteiger partial charge on any atom is 0.223 e. The molecular weight excluding hydrogens is 302 g/mol. The number of nitrogens with one attached hydrogen (secondary N) is 1. The third-order valence-corrected chi connectivity index (χ3v) is 4.97. The standard InChI is InChI=1S/C19H27N3O2/c1-13-8-9-16(24-13)10-11-18(23)22-12-6-4-5-7-17(22)19-14(2)20-21-15(19)3/h8-9,17H,4-7,10-12H2,1-3H3,(H,20,21)/t17-/m1/s1. The van der Waals surface area contributed by atoms with Crippen LogP contribution in [0.2, 0.25) is 0 Å². The average molecular weight is 329 g/mol. The third kappa shape index (κ3) is 3.55. The molecule has 1 amide bonds. The lowest BCUT2D eigenvalue weighted by atomic mass is 9.98. The maximum atomic E-state index is 12.9. The van der Waals surface area contributed by atoms with E-state index in [1.54, 1.807) is 0 Å². The van der Waals surface area contributed by atoms with Crippen LogP contribution in [0.1, 0.15) is 66.6 Å². The molecule has 3 rings (SSSR count). The highest BCUT2D eigenvalue weighted by Crippen LogP contribution is 2.33. The molecule has 0 radical (unpaired) electrons. The second-order valence-corrected chi connectivity index (χ2v) is 6.81. The van der Waals surface area contributed by atoms with Crippen molar-refractivity contribution in [3.63, 3.8) is 0 Å². The molecule has 0 saturated carbocycles. The van der Waals surface area contributed by atoms with Crippen LogP contribution < -0.4 is 0 Å². The van der Waals surface area contributed by atoms with Crippen LogP contribution in [0.4, 0.5) is 0 Å². The first kappa shape index (κ1) is 16.8. The summed E-state index contributed by atoms with van der Waals surface area (Å²) in [6.45, 7) is 6.85. The number of hydrogen-bond acceptors (Lipinski definition) is 3. The van der Waals surface area contributed by atoms with Crippen LogP contribution in [0, 0.1) is 20.8 Å². The van der Waals surface area contributed by atoms with E-state index in [0.717, 1.165) is 48.7 Å². The molecular formula is C19H27N3O2. The van der Waals surface area contributed by atoms with Crippen molar-refractivity contribution in [3.8, 4) is 0 Å². The van der Waals surface area contributed by atoms with E-state index in [1.165, 1.54) is 12.0 Å². The molecule has 1 fully saturated rings. The van der Waals surface area contributed by atoms with Crippen molar-refractivity contribution in [2.45, 2.75) is 65.3 Å². The summed E-state index contributed by atoms with van der Waals surface area (Å²) in [5.41, 5.74) is 3.30. The molecule has 2 aromatic rings. The Morgan fingerprint density at radius 1 is 1.29 bits per heavy atom. The zero-order valence-corrected chi connectivity index (χ0v) is 14.9. The lowest BCUT2D eigenvalue weighted by Gasteiger charge is -2.30. The van der Waals surface area contributed by atoms with Crippen molar-refractivity contribution < 1.29 is 9.21 Å². The minimum Gasteiger partial charge on any atom is -0.466 e. The molecule has 2 aromatic heterocycles. The normalized spacial score (nSPS) is 18.6. The van der Waals surface area contributed by atoms with E-state index >= 15 is 0 Å².